The average Bonchev–Trinajstić information content (AvgIpc) is 3.20. The van der Waals surface area contributed by atoms with Crippen LogP contribution < -0.4 is 4.90 Å². The van der Waals surface area contributed by atoms with Gasteiger partial charge in [-0.15, -0.1) is 0 Å². The van der Waals surface area contributed by atoms with Crippen molar-refractivity contribution in [3.63, 3.8) is 0 Å². The van der Waals surface area contributed by atoms with Crippen LogP contribution in [-0.4, -0.2) is 23.3 Å². The number of benzene rings is 2. The quantitative estimate of drug-likeness (QED) is 0.637. The minimum atomic E-state index is -0.102. The van der Waals surface area contributed by atoms with Gasteiger partial charge in [0.25, 0.3) is 0 Å². The van der Waals surface area contributed by atoms with Gasteiger partial charge in [0.05, 0.1) is 12.8 Å². The van der Waals surface area contributed by atoms with E-state index >= 15 is 0 Å². The van der Waals surface area contributed by atoms with Crippen LogP contribution in [0.5, 0.6) is 0 Å². The number of rotatable bonds is 6. The fraction of sp³-hybridized carbons (Fsp3) is 0.250. The van der Waals surface area contributed by atoms with Crippen LogP contribution in [0.4, 0.5) is 5.69 Å². The van der Waals surface area contributed by atoms with Gasteiger partial charge in [-0.3, -0.25) is 9.59 Å². The Bertz CT molecular complexity index is 967. The summed E-state index contributed by atoms with van der Waals surface area (Å²) in [6.07, 6.45) is 3.72. The van der Waals surface area contributed by atoms with E-state index < -0.39 is 0 Å². The Balaban J connectivity index is 1.57. The lowest BCUT2D eigenvalue weighted by Crippen LogP contribution is -2.42. The third-order valence-corrected chi connectivity index (χ3v) is 5.21. The Morgan fingerprint density at radius 1 is 0.931 bits per heavy atom. The van der Waals surface area contributed by atoms with Gasteiger partial charge in [-0.2, -0.15) is 0 Å². The van der Waals surface area contributed by atoms with Gasteiger partial charge in [-0.25, -0.2) is 0 Å². The lowest BCUT2D eigenvalue weighted by Gasteiger charge is -2.27. The third-order valence-electron chi connectivity index (χ3n) is 5.21. The van der Waals surface area contributed by atoms with Crippen LogP contribution in [0.2, 0.25) is 0 Å². The van der Waals surface area contributed by atoms with Crippen molar-refractivity contribution in [2.45, 2.75) is 32.4 Å². The first-order valence-electron chi connectivity index (χ1n) is 9.93. The zero-order chi connectivity index (χ0) is 20.1. The number of carbonyl (C=O) groups is 2. The summed E-state index contributed by atoms with van der Waals surface area (Å²) in [5.41, 5.74) is 3.00. The summed E-state index contributed by atoms with van der Waals surface area (Å²) >= 11 is 0. The van der Waals surface area contributed by atoms with Crippen LogP contribution in [0.1, 0.15) is 29.7 Å². The molecule has 5 nitrogen and oxygen atoms in total. The molecule has 0 fully saturated rings. The zero-order valence-corrected chi connectivity index (χ0v) is 16.3. The van der Waals surface area contributed by atoms with Crippen molar-refractivity contribution in [3.8, 4) is 0 Å². The molecule has 29 heavy (non-hydrogen) atoms. The topological polar surface area (TPSA) is 53.8 Å². The molecular formula is C24H24N2O3. The van der Waals surface area contributed by atoms with Gasteiger partial charge in [0.1, 0.15) is 12.3 Å². The van der Waals surface area contributed by atoms with Crippen molar-refractivity contribution < 1.29 is 14.0 Å². The van der Waals surface area contributed by atoms with Gasteiger partial charge in [0, 0.05) is 18.7 Å². The second-order valence-corrected chi connectivity index (χ2v) is 7.28. The number of para-hydroxylation sites is 1. The second kappa shape index (κ2) is 8.78. The van der Waals surface area contributed by atoms with Gasteiger partial charge < -0.3 is 14.2 Å². The summed E-state index contributed by atoms with van der Waals surface area (Å²) in [4.78, 5) is 29.4. The molecule has 148 valence electrons. The maximum Gasteiger partial charge on any atom is 0.243 e. The Kier molecular flexibility index (Phi) is 5.75. The molecule has 0 N–H and O–H groups in total. The van der Waals surface area contributed by atoms with E-state index in [0.717, 1.165) is 35.4 Å². The van der Waals surface area contributed by atoms with E-state index in [2.05, 4.69) is 0 Å². The van der Waals surface area contributed by atoms with E-state index in [9.17, 15) is 9.59 Å². The van der Waals surface area contributed by atoms with E-state index in [1.54, 1.807) is 16.1 Å². The smallest absolute Gasteiger partial charge is 0.243 e. The number of amides is 2. The molecule has 0 spiro atoms. The van der Waals surface area contributed by atoms with Crippen LogP contribution in [0, 0.1) is 0 Å². The zero-order valence-electron chi connectivity index (χ0n) is 16.3. The number of fused-ring (bicyclic) bond motifs is 1. The molecule has 1 aliphatic heterocycles. The number of aryl methyl sites for hydroxylation is 1. The number of carbonyl (C=O) groups excluding carboxylic acids is 2. The standard InChI is InChI=1S/C24H24N2O3/c27-23-14-6-11-20-10-4-5-13-22(20)26(23)18-24(28)25(17-21-12-7-15-29-21)16-19-8-2-1-3-9-19/h1-5,7-10,12-13,15H,6,11,14,16-18H2. The van der Waals surface area contributed by atoms with Crippen molar-refractivity contribution in [2.24, 2.45) is 0 Å². The molecule has 2 amide bonds. The molecule has 0 saturated carbocycles. The van der Waals surface area contributed by atoms with E-state index in [-0.39, 0.29) is 18.4 Å². The summed E-state index contributed by atoms with van der Waals surface area (Å²) in [6.45, 7) is 0.859. The highest BCUT2D eigenvalue weighted by Crippen LogP contribution is 2.27. The summed E-state index contributed by atoms with van der Waals surface area (Å²) < 4.78 is 5.46. The molecule has 0 unspecified atom stereocenters. The maximum absolute atomic E-state index is 13.3. The predicted molar refractivity (Wildman–Crippen MR) is 111 cm³/mol. The molecule has 4 rings (SSSR count). The Morgan fingerprint density at radius 3 is 2.52 bits per heavy atom. The van der Waals surface area contributed by atoms with Gasteiger partial charge >= 0.3 is 0 Å². The van der Waals surface area contributed by atoms with Crippen molar-refractivity contribution in [1.29, 1.82) is 0 Å². The SMILES string of the molecule is O=C(CN1C(=O)CCCc2ccccc21)N(Cc1ccccc1)Cc1ccco1. The van der Waals surface area contributed by atoms with Crippen LogP contribution in [-0.2, 0) is 29.1 Å². The Labute approximate surface area is 170 Å². The molecule has 0 radical (unpaired) electrons. The average molecular weight is 388 g/mol. The van der Waals surface area contributed by atoms with Crippen molar-refractivity contribution in [2.75, 3.05) is 11.4 Å². The Morgan fingerprint density at radius 2 is 1.72 bits per heavy atom. The highest BCUT2D eigenvalue weighted by Gasteiger charge is 2.26. The molecular weight excluding hydrogens is 364 g/mol. The van der Waals surface area contributed by atoms with E-state index in [1.807, 2.05) is 66.7 Å². The van der Waals surface area contributed by atoms with Crippen LogP contribution in [0.3, 0.4) is 0 Å². The molecule has 2 aromatic carbocycles. The number of nitrogens with zero attached hydrogens (tertiary/aromatic N) is 2. The predicted octanol–water partition coefficient (Wildman–Crippen LogP) is 4.18. The van der Waals surface area contributed by atoms with E-state index in [1.165, 1.54) is 0 Å². The van der Waals surface area contributed by atoms with E-state index in [4.69, 9.17) is 4.42 Å². The number of furan rings is 1. The maximum atomic E-state index is 13.3. The fourth-order valence-electron chi connectivity index (χ4n) is 3.72. The fourth-order valence-corrected chi connectivity index (χ4v) is 3.72. The highest BCUT2D eigenvalue weighted by molar-refractivity contribution is 5.99. The molecule has 0 atom stereocenters. The van der Waals surface area contributed by atoms with Crippen molar-refractivity contribution >= 4 is 17.5 Å². The van der Waals surface area contributed by atoms with Gasteiger partial charge in [-0.1, -0.05) is 48.5 Å². The molecule has 2 heterocycles. The molecule has 1 aromatic heterocycles. The van der Waals surface area contributed by atoms with Gasteiger partial charge in [0.2, 0.25) is 11.8 Å². The van der Waals surface area contributed by atoms with E-state index in [0.29, 0.717) is 19.5 Å². The van der Waals surface area contributed by atoms with Gasteiger partial charge in [0.15, 0.2) is 0 Å². The first-order valence-corrected chi connectivity index (χ1v) is 9.93. The molecule has 0 bridgehead atoms. The second-order valence-electron chi connectivity index (χ2n) is 7.28. The molecule has 3 aromatic rings. The summed E-state index contributed by atoms with van der Waals surface area (Å²) in [6, 6.07) is 21.4. The number of hydrogen-bond acceptors (Lipinski definition) is 3. The molecule has 0 saturated heterocycles. The third kappa shape index (κ3) is 4.57. The summed E-state index contributed by atoms with van der Waals surface area (Å²) in [5, 5.41) is 0. The normalized spacial score (nSPS) is 13.7. The molecule has 1 aliphatic rings. The lowest BCUT2D eigenvalue weighted by atomic mass is 10.1. The number of hydrogen-bond donors (Lipinski definition) is 0. The summed E-state index contributed by atoms with van der Waals surface area (Å²) in [5.74, 6) is 0.619. The summed E-state index contributed by atoms with van der Waals surface area (Å²) in [7, 11) is 0. The van der Waals surface area contributed by atoms with Crippen LogP contribution in [0.25, 0.3) is 0 Å². The monoisotopic (exact) mass is 388 g/mol. The van der Waals surface area contributed by atoms with Crippen molar-refractivity contribution in [3.05, 3.63) is 89.9 Å². The molecule has 0 aliphatic carbocycles. The molecule has 5 heteroatoms. The highest BCUT2D eigenvalue weighted by atomic mass is 16.3. The number of anilines is 1. The van der Waals surface area contributed by atoms with Gasteiger partial charge in [-0.05, 0) is 42.2 Å². The van der Waals surface area contributed by atoms with Crippen molar-refractivity contribution in [1.82, 2.24) is 4.90 Å². The first-order chi connectivity index (χ1) is 14.2. The minimum absolute atomic E-state index is 0.000889. The minimum Gasteiger partial charge on any atom is -0.467 e. The van der Waals surface area contributed by atoms with Crippen LogP contribution in [0.15, 0.2) is 77.4 Å². The van der Waals surface area contributed by atoms with Crippen LogP contribution >= 0.6 is 0 Å². The Hall–Kier alpha value is -3.34. The lowest BCUT2D eigenvalue weighted by molar-refractivity contribution is -0.132. The largest absolute Gasteiger partial charge is 0.467 e. The first kappa shape index (κ1) is 19.0.